The molecule has 3 aromatic carbocycles. The number of benzene rings is 3. The molecular weight excluding hydrogens is 520 g/mol. The Morgan fingerprint density at radius 2 is 1.61 bits per heavy atom. The molecule has 3 atom stereocenters. The second-order valence-electron chi connectivity index (χ2n) is 8.19. The third-order valence-corrected chi connectivity index (χ3v) is 6.76. The van der Waals surface area contributed by atoms with Crippen LogP contribution in [0.15, 0.2) is 81.5 Å². The standard InChI is InChI=1S/C23H22N6O8S/c1-13-2-9-17(10-3-13)38(36,37)27-26-20(22(30)14-4-6-15(7-5-14)28(32)33)21-23(31)25-19-12-16(29(34)35)8-11-18(19)24-21/h2-12,22,27-30,32,34H,1H3,(H,25,31)/b26-20-. The van der Waals surface area contributed by atoms with Gasteiger partial charge in [0.2, 0.25) is 0 Å². The zero-order chi connectivity index (χ0) is 27.6. The van der Waals surface area contributed by atoms with Gasteiger partial charge in [0.1, 0.15) is 11.8 Å². The maximum absolute atomic E-state index is 13.0. The minimum Gasteiger partial charge on any atom is -0.595 e. The number of hydrazone groups is 1. The minimum absolute atomic E-state index is 0.0598. The van der Waals surface area contributed by atoms with Crippen molar-refractivity contribution in [1.29, 1.82) is 0 Å². The van der Waals surface area contributed by atoms with Gasteiger partial charge < -0.3 is 20.5 Å². The van der Waals surface area contributed by atoms with Crippen molar-refractivity contribution >= 4 is 38.1 Å². The summed E-state index contributed by atoms with van der Waals surface area (Å²) in [5, 5.41) is 53.3. The molecule has 198 valence electrons. The monoisotopic (exact) mass is 542 g/mol. The van der Waals surface area contributed by atoms with Crippen LogP contribution in [0.1, 0.15) is 22.9 Å². The van der Waals surface area contributed by atoms with Crippen LogP contribution in [0.4, 0.5) is 11.4 Å². The van der Waals surface area contributed by atoms with Crippen molar-refractivity contribution in [2.75, 3.05) is 0 Å². The van der Waals surface area contributed by atoms with Crippen LogP contribution < -0.4 is 20.8 Å². The van der Waals surface area contributed by atoms with Crippen molar-refractivity contribution in [3.63, 3.8) is 0 Å². The zero-order valence-electron chi connectivity index (χ0n) is 19.6. The molecule has 0 saturated heterocycles. The van der Waals surface area contributed by atoms with E-state index in [4.69, 9.17) is 5.21 Å². The van der Waals surface area contributed by atoms with E-state index in [-0.39, 0.29) is 32.9 Å². The van der Waals surface area contributed by atoms with Crippen LogP contribution in [0.3, 0.4) is 0 Å². The molecule has 1 aromatic heterocycles. The fourth-order valence-corrected chi connectivity index (χ4v) is 4.30. The number of aliphatic hydroxyl groups is 1. The molecule has 4 rings (SSSR count). The van der Waals surface area contributed by atoms with E-state index < -0.39 is 43.5 Å². The molecule has 0 aliphatic heterocycles. The van der Waals surface area contributed by atoms with Crippen LogP contribution in [-0.2, 0) is 10.0 Å². The molecule has 0 amide bonds. The molecule has 1 heterocycles. The summed E-state index contributed by atoms with van der Waals surface area (Å²) in [5.74, 6) is 0. The number of aromatic amines is 1. The molecule has 4 aromatic rings. The number of hydrogen-bond donors (Lipinski definition) is 7. The summed E-state index contributed by atoms with van der Waals surface area (Å²) in [5.41, 5.74) is -0.787. The fourth-order valence-electron chi connectivity index (χ4n) is 3.48. The van der Waals surface area contributed by atoms with Crippen LogP contribution in [0.5, 0.6) is 0 Å². The maximum atomic E-state index is 13.0. The van der Waals surface area contributed by atoms with Crippen molar-refractivity contribution in [2.45, 2.75) is 17.9 Å². The van der Waals surface area contributed by atoms with Gasteiger partial charge in [-0.1, -0.05) is 17.7 Å². The zero-order valence-corrected chi connectivity index (χ0v) is 20.4. The van der Waals surface area contributed by atoms with Crippen molar-refractivity contribution < 1.29 is 34.4 Å². The summed E-state index contributed by atoms with van der Waals surface area (Å²) in [6, 6.07) is 14.7. The molecule has 0 spiro atoms. The van der Waals surface area contributed by atoms with Crippen molar-refractivity contribution in [3.8, 4) is 0 Å². The van der Waals surface area contributed by atoms with Gasteiger partial charge in [-0.3, -0.25) is 4.79 Å². The van der Waals surface area contributed by atoms with E-state index in [2.05, 4.69) is 15.1 Å². The lowest BCUT2D eigenvalue weighted by atomic mass is 10.0. The predicted octanol–water partition coefficient (Wildman–Crippen LogP) is -0.545. The first-order chi connectivity index (χ1) is 18.0. The van der Waals surface area contributed by atoms with Crippen LogP contribution in [0.2, 0.25) is 0 Å². The first kappa shape index (κ1) is 27.0. The number of aliphatic hydroxyl groups excluding tert-OH is 1. The Morgan fingerprint density at radius 3 is 2.21 bits per heavy atom. The third-order valence-electron chi connectivity index (χ3n) is 5.53. The SMILES string of the molecule is Cc1ccc(S(=O)(=O)N/N=C(/c2nc3ccc([NH+]([O-])O)cc3[nH]c2=O)C(O)c2ccc([NH+]([O-])O)cc2)cc1. The van der Waals surface area contributed by atoms with Gasteiger partial charge in [0, 0.05) is 24.3 Å². The van der Waals surface area contributed by atoms with E-state index in [1.807, 2.05) is 4.83 Å². The third kappa shape index (κ3) is 5.75. The molecule has 38 heavy (non-hydrogen) atoms. The van der Waals surface area contributed by atoms with E-state index in [1.54, 1.807) is 19.1 Å². The van der Waals surface area contributed by atoms with Crippen molar-refractivity contribution in [3.05, 3.63) is 104 Å². The van der Waals surface area contributed by atoms with Gasteiger partial charge in [0.25, 0.3) is 15.6 Å². The largest absolute Gasteiger partial charge is 0.595 e. The summed E-state index contributed by atoms with van der Waals surface area (Å²) >= 11 is 0. The van der Waals surface area contributed by atoms with Gasteiger partial charge >= 0.3 is 0 Å². The molecule has 7 N–H and O–H groups in total. The average molecular weight is 543 g/mol. The molecule has 15 heteroatoms. The Kier molecular flexibility index (Phi) is 7.63. The quantitative estimate of drug-likeness (QED) is 0.112. The molecular formula is C23H22N6O8S. The van der Waals surface area contributed by atoms with Gasteiger partial charge in [-0.05, 0) is 42.8 Å². The second kappa shape index (κ2) is 10.7. The van der Waals surface area contributed by atoms with Crippen molar-refractivity contribution in [2.24, 2.45) is 5.10 Å². The van der Waals surface area contributed by atoms with Crippen LogP contribution >= 0.6 is 0 Å². The number of H-pyrrole nitrogens is 1. The number of hydrogen-bond acceptors (Lipinski definition) is 10. The normalized spacial score (nSPS) is 14.7. The second-order valence-corrected chi connectivity index (χ2v) is 9.85. The minimum atomic E-state index is -4.22. The number of sulfonamides is 1. The number of quaternary nitrogens is 2. The van der Waals surface area contributed by atoms with E-state index in [1.165, 1.54) is 54.6 Å². The smallest absolute Gasteiger partial charge is 0.276 e. The first-order valence-corrected chi connectivity index (χ1v) is 12.4. The molecule has 0 bridgehead atoms. The molecule has 3 unspecified atom stereocenters. The van der Waals surface area contributed by atoms with Gasteiger partial charge in [-0.25, -0.2) is 15.4 Å². The highest BCUT2D eigenvalue weighted by atomic mass is 32.2. The number of nitrogens with zero attached hydrogens (tertiary/aromatic N) is 2. The summed E-state index contributed by atoms with van der Waals surface area (Å²) in [4.78, 5) is 21.5. The van der Waals surface area contributed by atoms with Crippen LogP contribution in [0.25, 0.3) is 11.0 Å². The molecule has 14 nitrogen and oxygen atoms in total. The number of aryl methyl sites for hydroxylation is 1. The Labute approximate surface area is 214 Å². The Balaban J connectivity index is 1.82. The van der Waals surface area contributed by atoms with E-state index >= 15 is 0 Å². The first-order valence-electron chi connectivity index (χ1n) is 10.9. The highest BCUT2D eigenvalue weighted by Gasteiger charge is 2.25. The molecule has 0 fully saturated rings. The lowest BCUT2D eigenvalue weighted by Gasteiger charge is -2.16. The van der Waals surface area contributed by atoms with E-state index in [0.29, 0.717) is 0 Å². The molecule has 0 saturated carbocycles. The number of fused-ring (bicyclic) bond motifs is 1. The Hall–Kier alpha value is -4.06. The lowest BCUT2D eigenvalue weighted by Crippen LogP contribution is -2.99. The number of nitrogens with one attached hydrogen (secondary N) is 4. The average Bonchev–Trinajstić information content (AvgIpc) is 2.88. The fraction of sp³-hybridized carbons (Fsp3) is 0.0870. The topological polar surface area (TPSA) is 220 Å². The van der Waals surface area contributed by atoms with E-state index in [0.717, 1.165) is 5.56 Å². The van der Waals surface area contributed by atoms with Gasteiger partial charge in [-0.15, -0.1) is 0 Å². The van der Waals surface area contributed by atoms with Crippen molar-refractivity contribution in [1.82, 2.24) is 14.8 Å². The predicted molar refractivity (Wildman–Crippen MR) is 133 cm³/mol. The number of aromatic nitrogens is 2. The Bertz CT molecular complexity index is 1650. The highest BCUT2D eigenvalue weighted by Crippen LogP contribution is 2.20. The summed E-state index contributed by atoms with van der Waals surface area (Å²) in [6.07, 6.45) is -1.71. The molecule has 0 aliphatic rings. The highest BCUT2D eigenvalue weighted by molar-refractivity contribution is 7.89. The number of rotatable bonds is 8. The molecule has 0 radical (unpaired) electrons. The summed E-state index contributed by atoms with van der Waals surface area (Å²) < 4.78 is 25.7. The molecule has 0 aliphatic carbocycles. The lowest BCUT2D eigenvalue weighted by molar-refractivity contribution is -0.991. The summed E-state index contributed by atoms with van der Waals surface area (Å²) in [7, 11) is -4.22. The Morgan fingerprint density at radius 1 is 1.00 bits per heavy atom. The van der Waals surface area contributed by atoms with Gasteiger partial charge in [0.15, 0.2) is 17.1 Å². The van der Waals surface area contributed by atoms with Crippen LogP contribution in [0, 0.1) is 17.3 Å². The maximum Gasteiger partial charge on any atom is 0.276 e. The van der Waals surface area contributed by atoms with Gasteiger partial charge in [0.05, 0.1) is 15.9 Å². The van der Waals surface area contributed by atoms with Crippen LogP contribution in [-0.4, -0.2) is 39.6 Å². The van der Waals surface area contributed by atoms with E-state index in [9.17, 15) is 33.9 Å². The van der Waals surface area contributed by atoms with Gasteiger partial charge in [-0.2, -0.15) is 28.8 Å². The summed E-state index contributed by atoms with van der Waals surface area (Å²) in [6.45, 7) is 1.78.